The molecule has 0 fully saturated rings. The average molecular weight is 276 g/mol. The van der Waals surface area contributed by atoms with E-state index < -0.39 is 9.84 Å². The molecule has 0 aliphatic carbocycles. The second-order valence-electron chi connectivity index (χ2n) is 3.84. The minimum atomic E-state index is -3.73. The molecule has 0 amide bonds. The first-order valence-corrected chi connectivity index (χ1v) is 7.01. The smallest absolute Gasteiger partial charge is 0.207 e. The summed E-state index contributed by atoms with van der Waals surface area (Å²) in [5.41, 5.74) is 0.115. The molecule has 2 aromatic carbocycles. The molecular weight excluding hydrogens is 264 g/mol. The van der Waals surface area contributed by atoms with Crippen LogP contribution in [0.1, 0.15) is 10.4 Å². The minimum Gasteiger partial charge on any atom is -0.497 e. The van der Waals surface area contributed by atoms with Crippen LogP contribution in [0.15, 0.2) is 58.3 Å². The third kappa shape index (κ3) is 2.51. The summed E-state index contributed by atoms with van der Waals surface area (Å²) in [6, 6.07) is 12.3. The number of aldehydes is 1. The maximum Gasteiger partial charge on any atom is 0.207 e. The highest BCUT2D eigenvalue weighted by molar-refractivity contribution is 7.91. The molecule has 0 bridgehead atoms. The van der Waals surface area contributed by atoms with Gasteiger partial charge in [-0.05, 0) is 30.3 Å². The number of benzene rings is 2. The molecule has 0 radical (unpaired) electrons. The number of carbonyl (C=O) groups excluding carboxylic acids is 1. The number of rotatable bonds is 4. The van der Waals surface area contributed by atoms with Gasteiger partial charge >= 0.3 is 0 Å². The first-order valence-electron chi connectivity index (χ1n) is 5.53. The molecule has 2 aromatic rings. The molecule has 0 saturated heterocycles. The van der Waals surface area contributed by atoms with Crippen molar-refractivity contribution in [1.82, 2.24) is 0 Å². The first kappa shape index (κ1) is 13.3. The molecule has 4 nitrogen and oxygen atoms in total. The van der Waals surface area contributed by atoms with Crippen molar-refractivity contribution >= 4 is 16.1 Å². The van der Waals surface area contributed by atoms with Gasteiger partial charge in [-0.2, -0.15) is 0 Å². The van der Waals surface area contributed by atoms with Crippen LogP contribution in [-0.4, -0.2) is 21.8 Å². The number of hydrogen-bond donors (Lipinski definition) is 0. The van der Waals surface area contributed by atoms with Gasteiger partial charge in [0.25, 0.3) is 0 Å². The molecule has 0 aromatic heterocycles. The third-order valence-electron chi connectivity index (χ3n) is 2.69. The molecule has 0 atom stereocenters. The van der Waals surface area contributed by atoms with Crippen LogP contribution in [0.2, 0.25) is 0 Å². The van der Waals surface area contributed by atoms with Gasteiger partial charge in [0.05, 0.1) is 16.9 Å². The standard InChI is InChI=1S/C14H12O4S/c1-18-12-8-7-11(10-15)14(9-12)19(16,17)13-5-3-2-4-6-13/h2-10H,1H3. The minimum absolute atomic E-state index is 0.0481. The number of sulfone groups is 1. The van der Waals surface area contributed by atoms with Gasteiger partial charge in [-0.25, -0.2) is 8.42 Å². The normalized spacial score (nSPS) is 11.0. The van der Waals surface area contributed by atoms with Crippen molar-refractivity contribution in [2.75, 3.05) is 7.11 Å². The molecule has 19 heavy (non-hydrogen) atoms. The Morgan fingerprint density at radius 1 is 1.05 bits per heavy atom. The van der Waals surface area contributed by atoms with Crippen molar-refractivity contribution in [1.29, 1.82) is 0 Å². The summed E-state index contributed by atoms with van der Waals surface area (Å²) >= 11 is 0. The lowest BCUT2D eigenvalue weighted by molar-refractivity contribution is 0.112. The van der Waals surface area contributed by atoms with Gasteiger partial charge in [0.1, 0.15) is 5.75 Å². The molecule has 0 spiro atoms. The van der Waals surface area contributed by atoms with Crippen LogP contribution in [0.3, 0.4) is 0 Å². The zero-order valence-electron chi connectivity index (χ0n) is 10.2. The van der Waals surface area contributed by atoms with E-state index in [1.54, 1.807) is 24.3 Å². The fourth-order valence-electron chi connectivity index (χ4n) is 1.70. The van der Waals surface area contributed by atoms with Gasteiger partial charge in [-0.3, -0.25) is 4.79 Å². The Kier molecular flexibility index (Phi) is 3.66. The number of ether oxygens (including phenoxy) is 1. The van der Waals surface area contributed by atoms with Gasteiger partial charge in [0.15, 0.2) is 6.29 Å². The summed E-state index contributed by atoms with van der Waals surface area (Å²) < 4.78 is 29.9. The van der Waals surface area contributed by atoms with E-state index >= 15 is 0 Å². The van der Waals surface area contributed by atoms with Crippen molar-refractivity contribution in [2.45, 2.75) is 9.79 Å². The van der Waals surface area contributed by atoms with Crippen molar-refractivity contribution in [3.63, 3.8) is 0 Å². The van der Waals surface area contributed by atoms with Gasteiger partial charge < -0.3 is 4.74 Å². The lowest BCUT2D eigenvalue weighted by Crippen LogP contribution is -2.05. The predicted octanol–water partition coefficient (Wildman–Crippen LogP) is 2.34. The van der Waals surface area contributed by atoms with E-state index in [0.29, 0.717) is 12.0 Å². The largest absolute Gasteiger partial charge is 0.497 e. The van der Waals surface area contributed by atoms with E-state index in [9.17, 15) is 13.2 Å². The van der Waals surface area contributed by atoms with Crippen LogP contribution in [-0.2, 0) is 9.84 Å². The second-order valence-corrected chi connectivity index (χ2v) is 5.76. The second kappa shape index (κ2) is 5.24. The zero-order valence-corrected chi connectivity index (χ0v) is 11.1. The van der Waals surface area contributed by atoms with Gasteiger partial charge in [0, 0.05) is 5.56 Å². The van der Waals surface area contributed by atoms with Gasteiger partial charge in [-0.1, -0.05) is 18.2 Å². The highest BCUT2D eigenvalue weighted by Crippen LogP contribution is 2.26. The molecular formula is C14H12O4S. The monoisotopic (exact) mass is 276 g/mol. The maximum atomic E-state index is 12.5. The van der Waals surface area contributed by atoms with E-state index in [1.165, 1.54) is 31.4 Å². The summed E-state index contributed by atoms with van der Waals surface area (Å²) in [7, 11) is -2.29. The van der Waals surface area contributed by atoms with E-state index in [0.717, 1.165) is 0 Å². The first-order chi connectivity index (χ1) is 9.09. The molecule has 0 unspecified atom stereocenters. The van der Waals surface area contributed by atoms with E-state index in [1.807, 2.05) is 0 Å². The van der Waals surface area contributed by atoms with Crippen molar-refractivity contribution in [3.05, 3.63) is 54.1 Å². The number of hydrogen-bond acceptors (Lipinski definition) is 4. The van der Waals surface area contributed by atoms with Crippen LogP contribution in [0.25, 0.3) is 0 Å². The van der Waals surface area contributed by atoms with E-state index in [-0.39, 0.29) is 15.4 Å². The molecule has 2 rings (SSSR count). The molecule has 98 valence electrons. The Morgan fingerprint density at radius 3 is 2.32 bits per heavy atom. The van der Waals surface area contributed by atoms with Crippen LogP contribution < -0.4 is 4.74 Å². The van der Waals surface area contributed by atoms with Gasteiger partial charge in [0.2, 0.25) is 9.84 Å². The Morgan fingerprint density at radius 2 is 1.74 bits per heavy atom. The summed E-state index contributed by atoms with van der Waals surface area (Å²) in [6.45, 7) is 0. The molecule has 0 N–H and O–H groups in total. The molecule has 0 aliphatic rings. The maximum absolute atomic E-state index is 12.5. The average Bonchev–Trinajstić information content (AvgIpc) is 2.47. The lowest BCUT2D eigenvalue weighted by Gasteiger charge is -2.09. The summed E-state index contributed by atoms with van der Waals surface area (Å²) in [5.74, 6) is 0.389. The van der Waals surface area contributed by atoms with Crippen molar-refractivity contribution < 1.29 is 17.9 Å². The fourth-order valence-corrected chi connectivity index (χ4v) is 3.17. The highest BCUT2D eigenvalue weighted by Gasteiger charge is 2.21. The van der Waals surface area contributed by atoms with Crippen LogP contribution >= 0.6 is 0 Å². The molecule has 0 saturated carbocycles. The predicted molar refractivity (Wildman–Crippen MR) is 70.3 cm³/mol. The Balaban J connectivity index is 2.66. The quantitative estimate of drug-likeness (QED) is 0.804. The number of methoxy groups -OCH3 is 1. The highest BCUT2D eigenvalue weighted by atomic mass is 32.2. The number of carbonyl (C=O) groups is 1. The molecule has 0 aliphatic heterocycles. The molecule has 0 heterocycles. The molecule has 5 heteroatoms. The fraction of sp³-hybridized carbons (Fsp3) is 0.0714. The van der Waals surface area contributed by atoms with Crippen molar-refractivity contribution in [3.8, 4) is 5.75 Å². The van der Waals surface area contributed by atoms with Crippen LogP contribution in [0, 0.1) is 0 Å². The SMILES string of the molecule is COc1ccc(C=O)c(S(=O)(=O)c2ccccc2)c1. The summed E-state index contributed by atoms with van der Waals surface area (Å²) in [5, 5.41) is 0. The van der Waals surface area contributed by atoms with E-state index in [4.69, 9.17) is 4.74 Å². The summed E-state index contributed by atoms with van der Waals surface area (Å²) in [4.78, 5) is 11.1. The van der Waals surface area contributed by atoms with Crippen molar-refractivity contribution in [2.24, 2.45) is 0 Å². The van der Waals surface area contributed by atoms with E-state index in [2.05, 4.69) is 0 Å². The Bertz CT molecular complexity index is 691. The third-order valence-corrected chi connectivity index (χ3v) is 4.52. The van der Waals surface area contributed by atoms with Crippen LogP contribution in [0.5, 0.6) is 5.75 Å². The summed E-state index contributed by atoms with van der Waals surface area (Å²) in [6.07, 6.45) is 0.523. The van der Waals surface area contributed by atoms with Crippen LogP contribution in [0.4, 0.5) is 0 Å². The topological polar surface area (TPSA) is 60.4 Å². The Hall–Kier alpha value is -2.14. The van der Waals surface area contributed by atoms with Gasteiger partial charge in [-0.15, -0.1) is 0 Å². The zero-order chi connectivity index (χ0) is 13.9. The lowest BCUT2D eigenvalue weighted by atomic mass is 10.2. The Labute approximate surface area is 111 Å².